The van der Waals surface area contributed by atoms with E-state index in [0.29, 0.717) is 0 Å². The molecule has 3 heteroatoms. The molecule has 0 radical (unpaired) electrons. The Hall–Kier alpha value is -11.9. The third-order valence-corrected chi connectivity index (χ3v) is 19.7. The van der Waals surface area contributed by atoms with Gasteiger partial charge in [0.2, 0.25) is 0 Å². The van der Waals surface area contributed by atoms with Gasteiger partial charge in [0.05, 0.1) is 0 Å². The first-order chi connectivity index (χ1) is 46.1. The van der Waals surface area contributed by atoms with Crippen LogP contribution in [0.2, 0.25) is 0 Å². The molecule has 436 valence electrons. The van der Waals surface area contributed by atoms with Gasteiger partial charge in [-0.1, -0.05) is 279 Å². The Balaban J connectivity index is 0.759. The van der Waals surface area contributed by atoms with Crippen molar-refractivity contribution in [2.75, 3.05) is 9.80 Å². The van der Waals surface area contributed by atoms with Crippen molar-refractivity contribution in [3.05, 3.63) is 364 Å². The van der Waals surface area contributed by atoms with Crippen LogP contribution in [0.15, 0.2) is 364 Å². The summed E-state index contributed by atoms with van der Waals surface area (Å²) in [5.74, 6) is 0. The van der Waals surface area contributed by atoms with Gasteiger partial charge in [-0.2, -0.15) is 0 Å². The van der Waals surface area contributed by atoms with Gasteiger partial charge in [-0.15, -0.1) is 11.3 Å². The van der Waals surface area contributed by atoms with Crippen LogP contribution < -0.4 is 9.80 Å². The number of hydrogen-bond acceptors (Lipinski definition) is 3. The van der Waals surface area contributed by atoms with Gasteiger partial charge < -0.3 is 9.80 Å². The van der Waals surface area contributed by atoms with Crippen LogP contribution >= 0.6 is 11.3 Å². The maximum absolute atomic E-state index is 2.40. The first kappa shape index (κ1) is 55.2. The SMILES string of the molecule is c1ccc(-c2ccc(-c3ccc(N(c4ccc(-c5cccc6ccccc56)cc4)c4cccc(-c5cccc(N(c6ccc(-c7ccc8ccccc8c7)cc6)c6ccc(-c7ccc(-c8ccccc8)c8sc9ccccc9c78)cc6)c5)c4)cc3)c3ccccc23)cc1. The summed E-state index contributed by atoms with van der Waals surface area (Å²) in [6.07, 6.45) is 0. The summed E-state index contributed by atoms with van der Waals surface area (Å²) >= 11 is 1.88. The highest BCUT2D eigenvalue weighted by molar-refractivity contribution is 7.26. The maximum Gasteiger partial charge on any atom is 0.0467 e. The molecule has 0 saturated heterocycles. The Labute approximate surface area is 546 Å². The second kappa shape index (κ2) is 23.8. The van der Waals surface area contributed by atoms with Gasteiger partial charge in [0.1, 0.15) is 0 Å². The third kappa shape index (κ3) is 10.4. The van der Waals surface area contributed by atoms with Gasteiger partial charge >= 0.3 is 0 Å². The molecule has 16 aromatic carbocycles. The molecule has 0 aliphatic carbocycles. The molecule has 1 heterocycles. The van der Waals surface area contributed by atoms with E-state index in [2.05, 4.69) is 374 Å². The minimum atomic E-state index is 1.06. The Bertz CT molecular complexity index is 5590. The minimum absolute atomic E-state index is 1.06. The lowest BCUT2D eigenvalue weighted by Crippen LogP contribution is -2.10. The summed E-state index contributed by atoms with van der Waals surface area (Å²) in [4.78, 5) is 4.80. The second-order valence-electron chi connectivity index (χ2n) is 23.9. The smallest absolute Gasteiger partial charge is 0.0467 e. The fourth-order valence-corrected chi connectivity index (χ4v) is 15.2. The number of rotatable bonds is 13. The number of thiophene rings is 1. The number of nitrogens with zero attached hydrogens (tertiary/aromatic N) is 2. The largest absolute Gasteiger partial charge is 0.310 e. The summed E-state index contributed by atoms with van der Waals surface area (Å²) in [5.41, 5.74) is 23.1. The molecule has 0 unspecified atom stereocenters. The fourth-order valence-electron chi connectivity index (χ4n) is 13.9. The third-order valence-electron chi connectivity index (χ3n) is 18.5. The fraction of sp³-hybridized carbons (Fsp3) is 0. The van der Waals surface area contributed by atoms with Crippen molar-refractivity contribution in [3.63, 3.8) is 0 Å². The normalized spacial score (nSPS) is 11.4. The monoisotopic (exact) mass is 1200 g/mol. The predicted molar refractivity (Wildman–Crippen MR) is 399 cm³/mol. The standard InChI is InChI=1S/C90H60N2S/c1-3-19-63(20-4-1)81-54-55-82(86-32-12-11-31-85(81)86)67-42-50-75(51-43-67)92(74-48-40-66(41-49-74)80-34-17-25-64-23-9-10-30-79(64)80)78-29-16-27-71(60-78)70-26-15-28-77(59-70)91(73-46-38-62(39-47-73)72-37-36-61-18-7-8-24-69(61)58-72)76-52-44-68(45-53-76)83-56-57-84(65-21-5-2-6-22-65)90-89(83)87-33-13-14-35-88(87)93-90/h1-60H. The summed E-state index contributed by atoms with van der Waals surface area (Å²) < 4.78 is 2.60. The van der Waals surface area contributed by atoms with Crippen molar-refractivity contribution in [2.45, 2.75) is 0 Å². The second-order valence-corrected chi connectivity index (χ2v) is 25.0. The van der Waals surface area contributed by atoms with E-state index >= 15 is 0 Å². The van der Waals surface area contributed by atoms with Crippen molar-refractivity contribution in [3.8, 4) is 77.9 Å². The molecule has 0 aliphatic rings. The Morgan fingerprint density at radius 1 is 0.183 bits per heavy atom. The molecule has 17 aromatic rings. The van der Waals surface area contributed by atoms with Gasteiger partial charge in [-0.3, -0.25) is 0 Å². The van der Waals surface area contributed by atoms with Gasteiger partial charge in [-0.05, 0) is 195 Å². The van der Waals surface area contributed by atoms with Crippen molar-refractivity contribution in [2.24, 2.45) is 0 Å². The quantitative estimate of drug-likeness (QED) is 0.114. The summed E-state index contributed by atoms with van der Waals surface area (Å²) in [7, 11) is 0. The number of benzene rings is 16. The molecule has 0 fully saturated rings. The highest BCUT2D eigenvalue weighted by Gasteiger charge is 2.21. The number of hydrogen-bond donors (Lipinski definition) is 0. The molecule has 17 rings (SSSR count). The van der Waals surface area contributed by atoms with Crippen molar-refractivity contribution < 1.29 is 0 Å². The average Bonchev–Trinajstić information content (AvgIpc) is 1.79. The van der Waals surface area contributed by atoms with Crippen molar-refractivity contribution >= 4 is 98.0 Å². The molecular formula is C90H60N2S. The van der Waals surface area contributed by atoms with Crippen molar-refractivity contribution in [1.29, 1.82) is 0 Å². The topological polar surface area (TPSA) is 6.48 Å². The summed E-state index contributed by atoms with van der Waals surface area (Å²) in [5, 5.41) is 10.00. The number of anilines is 6. The van der Waals surface area contributed by atoms with Crippen LogP contribution in [0.1, 0.15) is 0 Å². The van der Waals surface area contributed by atoms with Gasteiger partial charge in [0, 0.05) is 54.3 Å². The zero-order valence-corrected chi connectivity index (χ0v) is 51.8. The lowest BCUT2D eigenvalue weighted by Gasteiger charge is -2.27. The van der Waals surface area contributed by atoms with E-state index in [9.17, 15) is 0 Å². The maximum atomic E-state index is 2.40. The van der Waals surface area contributed by atoms with E-state index in [1.807, 2.05) is 11.3 Å². The zero-order valence-electron chi connectivity index (χ0n) is 50.9. The molecular weight excluding hydrogens is 1140 g/mol. The van der Waals surface area contributed by atoms with Gasteiger partial charge in [0.15, 0.2) is 0 Å². The molecule has 2 nitrogen and oxygen atoms in total. The first-order valence-corrected chi connectivity index (χ1v) is 32.7. The Kier molecular flexibility index (Phi) is 14.1. The molecule has 1 aromatic heterocycles. The van der Waals surface area contributed by atoms with Crippen LogP contribution in [0.4, 0.5) is 34.1 Å². The molecule has 0 N–H and O–H groups in total. The number of fused-ring (bicyclic) bond motifs is 6. The van der Waals surface area contributed by atoms with E-state index in [1.54, 1.807) is 0 Å². The molecule has 0 saturated carbocycles. The Morgan fingerprint density at radius 2 is 0.548 bits per heavy atom. The van der Waals surface area contributed by atoms with E-state index in [-0.39, 0.29) is 0 Å². The first-order valence-electron chi connectivity index (χ1n) is 31.9. The molecule has 93 heavy (non-hydrogen) atoms. The van der Waals surface area contributed by atoms with Crippen molar-refractivity contribution in [1.82, 2.24) is 0 Å². The van der Waals surface area contributed by atoms with Gasteiger partial charge in [-0.25, -0.2) is 0 Å². The average molecular weight is 1200 g/mol. The highest BCUT2D eigenvalue weighted by atomic mass is 32.1. The van der Waals surface area contributed by atoms with Crippen LogP contribution in [-0.2, 0) is 0 Å². The molecule has 0 spiro atoms. The van der Waals surface area contributed by atoms with Crippen LogP contribution in [0, 0.1) is 0 Å². The lowest BCUT2D eigenvalue weighted by atomic mass is 9.92. The van der Waals surface area contributed by atoms with Crippen LogP contribution in [0.5, 0.6) is 0 Å². The van der Waals surface area contributed by atoms with Crippen LogP contribution in [0.3, 0.4) is 0 Å². The van der Waals surface area contributed by atoms with E-state index in [0.717, 1.165) is 45.3 Å². The van der Waals surface area contributed by atoms with E-state index in [4.69, 9.17) is 0 Å². The summed E-state index contributed by atoms with van der Waals surface area (Å²) in [6, 6.07) is 133. The molecule has 0 atom stereocenters. The minimum Gasteiger partial charge on any atom is -0.310 e. The van der Waals surface area contributed by atoms with Gasteiger partial charge in [0.25, 0.3) is 0 Å². The van der Waals surface area contributed by atoms with E-state index in [1.165, 1.54) is 119 Å². The predicted octanol–water partition coefficient (Wildman–Crippen LogP) is 26.1. The highest BCUT2D eigenvalue weighted by Crippen LogP contribution is 2.47. The summed E-state index contributed by atoms with van der Waals surface area (Å²) in [6.45, 7) is 0. The van der Waals surface area contributed by atoms with Crippen LogP contribution in [-0.4, -0.2) is 0 Å². The molecule has 0 aliphatic heterocycles. The zero-order chi connectivity index (χ0) is 61.6. The van der Waals surface area contributed by atoms with Crippen LogP contribution in [0.25, 0.3) is 130 Å². The van der Waals surface area contributed by atoms with E-state index < -0.39 is 0 Å². The Morgan fingerprint density at radius 3 is 1.12 bits per heavy atom. The molecule has 0 bridgehead atoms. The lowest BCUT2D eigenvalue weighted by molar-refractivity contribution is 1.28. The molecule has 0 amide bonds.